The van der Waals surface area contributed by atoms with Gasteiger partial charge in [-0.2, -0.15) is 0 Å². The van der Waals surface area contributed by atoms with Crippen molar-refractivity contribution in [3.8, 4) is 5.75 Å². The molecule has 7 heteroatoms. The van der Waals surface area contributed by atoms with Gasteiger partial charge in [0.25, 0.3) is 0 Å². The first-order chi connectivity index (χ1) is 13.2. The van der Waals surface area contributed by atoms with Gasteiger partial charge in [0, 0.05) is 32.1 Å². The van der Waals surface area contributed by atoms with Gasteiger partial charge in [-0.15, -0.1) is 10.2 Å². The van der Waals surface area contributed by atoms with Gasteiger partial charge in [-0.05, 0) is 56.0 Å². The van der Waals surface area contributed by atoms with Gasteiger partial charge in [-0.25, -0.2) is 0 Å². The minimum Gasteiger partial charge on any atom is -0.508 e. The number of aromatic hydroxyl groups is 1. The zero-order valence-electron chi connectivity index (χ0n) is 15.7. The van der Waals surface area contributed by atoms with Crippen molar-refractivity contribution in [3.63, 3.8) is 0 Å². The van der Waals surface area contributed by atoms with Crippen LogP contribution in [-0.4, -0.2) is 47.4 Å². The molecule has 144 valence electrons. The van der Waals surface area contributed by atoms with Crippen LogP contribution in [0.5, 0.6) is 5.75 Å². The van der Waals surface area contributed by atoms with Gasteiger partial charge in [-0.1, -0.05) is 12.1 Å². The van der Waals surface area contributed by atoms with E-state index in [1.165, 1.54) is 0 Å². The van der Waals surface area contributed by atoms with Crippen molar-refractivity contribution in [1.29, 1.82) is 0 Å². The highest BCUT2D eigenvalue weighted by Crippen LogP contribution is 2.22. The Morgan fingerprint density at radius 2 is 1.89 bits per heavy atom. The number of carbonyl (C=O) groups excluding carboxylic acids is 1. The molecule has 1 aliphatic rings. The summed E-state index contributed by atoms with van der Waals surface area (Å²) < 4.78 is 0. The van der Waals surface area contributed by atoms with Crippen LogP contribution in [0, 0.1) is 5.92 Å². The lowest BCUT2D eigenvalue weighted by molar-refractivity contribution is -0.125. The second-order valence-corrected chi connectivity index (χ2v) is 6.78. The zero-order chi connectivity index (χ0) is 19.1. The van der Waals surface area contributed by atoms with Crippen molar-refractivity contribution in [2.45, 2.75) is 26.2 Å². The Morgan fingerprint density at radius 3 is 2.52 bits per heavy atom. The summed E-state index contributed by atoms with van der Waals surface area (Å²) in [5, 5.41) is 23.9. The summed E-state index contributed by atoms with van der Waals surface area (Å²) in [6, 6.07) is 11.0. The summed E-state index contributed by atoms with van der Waals surface area (Å²) in [5.74, 6) is 2.08. The van der Waals surface area contributed by atoms with E-state index in [1.54, 1.807) is 12.1 Å². The van der Waals surface area contributed by atoms with Crippen LogP contribution in [0.2, 0.25) is 0 Å². The van der Waals surface area contributed by atoms with Crippen molar-refractivity contribution in [2.75, 3.05) is 36.4 Å². The molecule has 1 amide bonds. The quantitative estimate of drug-likeness (QED) is 0.693. The lowest BCUT2D eigenvalue weighted by Gasteiger charge is -2.31. The fraction of sp³-hybridized carbons (Fsp3) is 0.450. The average molecular weight is 369 g/mol. The van der Waals surface area contributed by atoms with Crippen LogP contribution in [0.1, 0.15) is 25.3 Å². The summed E-state index contributed by atoms with van der Waals surface area (Å²) >= 11 is 0. The molecule has 3 rings (SSSR count). The Hall–Kier alpha value is -2.83. The fourth-order valence-corrected chi connectivity index (χ4v) is 3.28. The molecule has 0 radical (unpaired) electrons. The SMILES string of the molecule is CCNc1ccc(N2CCC(C(=O)NCCc3ccc(O)cc3)CC2)nn1. The highest BCUT2D eigenvalue weighted by molar-refractivity contribution is 5.79. The van der Waals surface area contributed by atoms with E-state index in [9.17, 15) is 9.90 Å². The number of carbonyl (C=O) groups is 1. The zero-order valence-corrected chi connectivity index (χ0v) is 15.7. The van der Waals surface area contributed by atoms with Crippen LogP contribution < -0.4 is 15.5 Å². The van der Waals surface area contributed by atoms with Gasteiger partial charge in [0.15, 0.2) is 5.82 Å². The smallest absolute Gasteiger partial charge is 0.223 e. The number of anilines is 2. The molecule has 7 nitrogen and oxygen atoms in total. The third kappa shape index (κ3) is 5.32. The highest BCUT2D eigenvalue weighted by Gasteiger charge is 2.25. The van der Waals surface area contributed by atoms with E-state index < -0.39 is 0 Å². The number of nitrogens with zero attached hydrogens (tertiary/aromatic N) is 3. The number of benzene rings is 1. The Kier molecular flexibility index (Phi) is 6.46. The lowest BCUT2D eigenvalue weighted by Crippen LogP contribution is -2.41. The van der Waals surface area contributed by atoms with Gasteiger partial charge in [0.1, 0.15) is 11.6 Å². The number of rotatable bonds is 7. The Morgan fingerprint density at radius 1 is 1.15 bits per heavy atom. The number of phenols is 1. The van der Waals surface area contributed by atoms with Crippen LogP contribution >= 0.6 is 0 Å². The molecule has 0 bridgehead atoms. The summed E-state index contributed by atoms with van der Waals surface area (Å²) in [6.07, 6.45) is 2.40. The topological polar surface area (TPSA) is 90.4 Å². The molecule has 1 fully saturated rings. The Labute approximate surface area is 159 Å². The number of phenolic OH excluding ortho intramolecular Hbond substituents is 1. The molecule has 1 saturated heterocycles. The van der Waals surface area contributed by atoms with Gasteiger partial charge in [-0.3, -0.25) is 4.79 Å². The third-order valence-corrected chi connectivity index (χ3v) is 4.85. The summed E-state index contributed by atoms with van der Waals surface area (Å²) in [5.41, 5.74) is 1.10. The van der Waals surface area contributed by atoms with Crippen LogP contribution in [-0.2, 0) is 11.2 Å². The molecule has 27 heavy (non-hydrogen) atoms. The van der Waals surface area contributed by atoms with Crippen LogP contribution in [0.4, 0.5) is 11.6 Å². The second-order valence-electron chi connectivity index (χ2n) is 6.78. The molecule has 0 unspecified atom stereocenters. The number of amides is 1. The van der Waals surface area contributed by atoms with Crippen molar-refractivity contribution in [3.05, 3.63) is 42.0 Å². The summed E-state index contributed by atoms with van der Waals surface area (Å²) in [4.78, 5) is 14.6. The number of hydrogen-bond acceptors (Lipinski definition) is 6. The second kappa shape index (κ2) is 9.21. The van der Waals surface area contributed by atoms with E-state index in [4.69, 9.17) is 0 Å². The molecule has 3 N–H and O–H groups in total. The van der Waals surface area contributed by atoms with Crippen LogP contribution in [0.25, 0.3) is 0 Å². The predicted octanol–water partition coefficient (Wildman–Crippen LogP) is 2.19. The molecule has 1 aromatic heterocycles. The van der Waals surface area contributed by atoms with E-state index in [2.05, 4.69) is 25.7 Å². The number of nitrogens with one attached hydrogen (secondary N) is 2. The van der Waals surface area contributed by atoms with Gasteiger partial charge < -0.3 is 20.6 Å². The standard InChI is InChI=1S/C20H27N5O2/c1-2-21-18-7-8-19(24-23-18)25-13-10-16(11-14-25)20(27)22-12-9-15-3-5-17(26)6-4-15/h3-8,16,26H,2,9-14H2,1H3,(H,21,23)(H,22,27). The van der Waals surface area contributed by atoms with Crippen LogP contribution in [0.3, 0.4) is 0 Å². The van der Waals surface area contributed by atoms with E-state index >= 15 is 0 Å². The molecule has 2 aromatic rings. The minimum atomic E-state index is 0.0510. The van der Waals surface area contributed by atoms with Crippen molar-refractivity contribution in [1.82, 2.24) is 15.5 Å². The molecular formula is C20H27N5O2. The first kappa shape index (κ1) is 18.9. The molecule has 1 aromatic carbocycles. The fourth-order valence-electron chi connectivity index (χ4n) is 3.28. The van der Waals surface area contributed by atoms with E-state index in [0.29, 0.717) is 6.54 Å². The predicted molar refractivity (Wildman–Crippen MR) is 106 cm³/mol. The molecule has 0 saturated carbocycles. The first-order valence-electron chi connectivity index (χ1n) is 9.54. The normalized spacial score (nSPS) is 14.8. The number of aromatic nitrogens is 2. The van der Waals surface area contributed by atoms with Gasteiger partial charge in [0.05, 0.1) is 0 Å². The molecule has 0 atom stereocenters. The molecule has 0 aliphatic carbocycles. The summed E-state index contributed by atoms with van der Waals surface area (Å²) in [6.45, 7) is 5.08. The monoisotopic (exact) mass is 369 g/mol. The largest absolute Gasteiger partial charge is 0.508 e. The molecule has 1 aliphatic heterocycles. The average Bonchev–Trinajstić information content (AvgIpc) is 2.70. The van der Waals surface area contributed by atoms with Gasteiger partial charge >= 0.3 is 0 Å². The van der Waals surface area contributed by atoms with Crippen molar-refractivity contribution < 1.29 is 9.90 Å². The van der Waals surface area contributed by atoms with Crippen molar-refractivity contribution in [2.24, 2.45) is 5.92 Å². The molecule has 0 spiro atoms. The maximum absolute atomic E-state index is 12.4. The number of hydrogen-bond donors (Lipinski definition) is 3. The van der Waals surface area contributed by atoms with Crippen LogP contribution in [0.15, 0.2) is 36.4 Å². The number of piperidine rings is 1. The van der Waals surface area contributed by atoms with E-state index in [-0.39, 0.29) is 17.6 Å². The molecular weight excluding hydrogens is 342 g/mol. The molecule has 2 heterocycles. The minimum absolute atomic E-state index is 0.0510. The third-order valence-electron chi connectivity index (χ3n) is 4.85. The van der Waals surface area contributed by atoms with Gasteiger partial charge in [0.2, 0.25) is 5.91 Å². The highest BCUT2D eigenvalue weighted by atomic mass is 16.3. The maximum atomic E-state index is 12.4. The van der Waals surface area contributed by atoms with E-state index in [1.807, 2.05) is 31.2 Å². The summed E-state index contributed by atoms with van der Waals surface area (Å²) in [7, 11) is 0. The first-order valence-corrected chi connectivity index (χ1v) is 9.54. The van der Waals surface area contributed by atoms with Crippen molar-refractivity contribution >= 4 is 17.5 Å². The Balaban J connectivity index is 1.41. The lowest BCUT2D eigenvalue weighted by atomic mass is 9.96. The van der Waals surface area contributed by atoms with E-state index in [0.717, 1.165) is 56.1 Å². The maximum Gasteiger partial charge on any atom is 0.223 e. The Bertz CT molecular complexity index is 725.